The number of nitrogens with one attached hydrogen (secondary N) is 1. The van der Waals surface area contributed by atoms with Crippen molar-refractivity contribution in [3.05, 3.63) is 52.3 Å². The summed E-state index contributed by atoms with van der Waals surface area (Å²) in [6, 6.07) is 9.29. The minimum atomic E-state index is -0.513. The first kappa shape index (κ1) is 35.0. The molecule has 0 radical (unpaired) electrons. The second kappa shape index (κ2) is 15.7. The van der Waals surface area contributed by atoms with Gasteiger partial charge in [0.25, 0.3) is 5.91 Å². The monoisotopic (exact) mass is 675 g/mol. The molecule has 0 bridgehead atoms. The van der Waals surface area contributed by atoms with Gasteiger partial charge in [0.2, 0.25) is 5.88 Å². The topological polar surface area (TPSA) is 163 Å². The third kappa shape index (κ3) is 9.18. The summed E-state index contributed by atoms with van der Waals surface area (Å²) in [5, 5.41) is 13.3. The molecule has 2 aliphatic heterocycles. The van der Waals surface area contributed by atoms with Gasteiger partial charge < -0.3 is 25.4 Å². The van der Waals surface area contributed by atoms with E-state index in [0.29, 0.717) is 38.7 Å². The number of carbonyl (C=O) groups is 2. The van der Waals surface area contributed by atoms with Crippen LogP contribution >= 0.6 is 11.3 Å². The number of aromatic nitrogens is 3. The molecule has 0 saturated carbocycles. The van der Waals surface area contributed by atoms with Gasteiger partial charge in [0.15, 0.2) is 0 Å². The molecule has 2 aliphatic rings. The first-order valence-electron chi connectivity index (χ1n) is 16.5. The highest BCUT2D eigenvalue weighted by Crippen LogP contribution is 2.30. The van der Waals surface area contributed by atoms with Gasteiger partial charge in [-0.25, -0.2) is 14.8 Å². The maximum Gasteiger partial charge on any atom is 0.410 e. The number of piperidine rings is 1. The lowest BCUT2D eigenvalue weighted by molar-refractivity contribution is 0.0138. The highest BCUT2D eigenvalue weighted by atomic mass is 32.1. The number of hydrogen-bond donors (Lipinski definition) is 2. The standard InChI is InChI=1S/C34H45N9O4S/c1-5-46-31-24(19-35)25(36)18-27(39-31)30(44)38-20-23-9-12-41(13-10-23)22-29-28(40-32(48-29)26-8-6-7-11-37-26)21-42-14-16-43(17-15-42)33(45)47-34(2,3)4/h6-8,11,18,23H,5,9-10,12-17,20-22H2,1-4H3,(H2,36,39)(H,38,44). The Morgan fingerprint density at radius 2 is 1.81 bits per heavy atom. The fourth-order valence-electron chi connectivity index (χ4n) is 5.75. The number of piperazine rings is 1. The van der Waals surface area contributed by atoms with Crippen LogP contribution in [-0.2, 0) is 17.8 Å². The summed E-state index contributed by atoms with van der Waals surface area (Å²) in [4.78, 5) is 47.1. The van der Waals surface area contributed by atoms with Crippen molar-refractivity contribution in [3.8, 4) is 22.7 Å². The Balaban J connectivity index is 1.17. The van der Waals surface area contributed by atoms with Crippen LogP contribution in [0, 0.1) is 17.2 Å². The predicted octanol–water partition coefficient (Wildman–Crippen LogP) is 4.15. The van der Waals surface area contributed by atoms with E-state index in [1.807, 2.05) is 45.0 Å². The zero-order valence-electron chi connectivity index (χ0n) is 28.2. The second-order valence-corrected chi connectivity index (χ2v) is 14.2. The van der Waals surface area contributed by atoms with Crippen molar-refractivity contribution >= 4 is 29.0 Å². The van der Waals surface area contributed by atoms with Gasteiger partial charge in [0.05, 0.1) is 23.7 Å². The number of carbonyl (C=O) groups excluding carboxylic acids is 2. The Morgan fingerprint density at radius 3 is 2.46 bits per heavy atom. The van der Waals surface area contributed by atoms with Crippen molar-refractivity contribution in [1.29, 1.82) is 5.26 Å². The number of amides is 2. The van der Waals surface area contributed by atoms with Crippen molar-refractivity contribution in [2.75, 3.05) is 58.2 Å². The number of ether oxygens (including phenoxy) is 2. The highest BCUT2D eigenvalue weighted by molar-refractivity contribution is 7.15. The van der Waals surface area contributed by atoms with E-state index < -0.39 is 5.60 Å². The van der Waals surface area contributed by atoms with Gasteiger partial charge in [-0.1, -0.05) is 6.07 Å². The Morgan fingerprint density at radius 1 is 1.08 bits per heavy atom. The number of rotatable bonds is 10. The molecule has 256 valence electrons. The van der Waals surface area contributed by atoms with Crippen molar-refractivity contribution < 1.29 is 19.1 Å². The quantitative estimate of drug-likeness (QED) is 0.318. The van der Waals surface area contributed by atoms with Crippen molar-refractivity contribution in [2.24, 2.45) is 5.92 Å². The van der Waals surface area contributed by atoms with Crippen LogP contribution in [0.1, 0.15) is 67.2 Å². The molecule has 0 aliphatic carbocycles. The van der Waals surface area contributed by atoms with Crippen molar-refractivity contribution in [3.63, 3.8) is 0 Å². The number of nitrogens with two attached hydrogens (primary N) is 1. The Labute approximate surface area is 286 Å². The number of nitriles is 1. The molecule has 0 unspecified atom stereocenters. The number of pyridine rings is 2. The van der Waals surface area contributed by atoms with E-state index in [1.165, 1.54) is 10.9 Å². The van der Waals surface area contributed by atoms with E-state index in [2.05, 4.69) is 25.1 Å². The molecule has 3 N–H and O–H groups in total. The number of anilines is 1. The van der Waals surface area contributed by atoms with Crippen LogP contribution in [-0.4, -0.2) is 99.7 Å². The number of thiazole rings is 1. The van der Waals surface area contributed by atoms with Crippen LogP contribution in [0.25, 0.3) is 10.7 Å². The van der Waals surface area contributed by atoms with Gasteiger partial charge in [-0.15, -0.1) is 11.3 Å². The minimum Gasteiger partial charge on any atom is -0.477 e. The van der Waals surface area contributed by atoms with E-state index in [0.717, 1.165) is 62.0 Å². The van der Waals surface area contributed by atoms with Crippen molar-refractivity contribution in [2.45, 2.75) is 59.2 Å². The van der Waals surface area contributed by atoms with Gasteiger partial charge in [0.1, 0.15) is 27.9 Å². The molecule has 3 aromatic heterocycles. The third-order valence-electron chi connectivity index (χ3n) is 8.33. The maximum atomic E-state index is 12.9. The smallest absolute Gasteiger partial charge is 0.410 e. The number of nitrogen functional groups attached to an aromatic ring is 1. The van der Waals surface area contributed by atoms with Gasteiger partial charge in [-0.2, -0.15) is 5.26 Å². The summed E-state index contributed by atoms with van der Waals surface area (Å²) in [7, 11) is 0. The van der Waals surface area contributed by atoms with E-state index in [1.54, 1.807) is 29.4 Å². The maximum absolute atomic E-state index is 12.9. The first-order valence-corrected chi connectivity index (χ1v) is 17.3. The molecule has 2 fully saturated rings. The lowest BCUT2D eigenvalue weighted by atomic mass is 9.96. The largest absolute Gasteiger partial charge is 0.477 e. The molecule has 14 heteroatoms. The van der Waals surface area contributed by atoms with Gasteiger partial charge in [0, 0.05) is 56.9 Å². The Hall–Kier alpha value is -4.32. The lowest BCUT2D eigenvalue weighted by Crippen LogP contribution is -2.49. The van der Waals surface area contributed by atoms with Crippen LogP contribution in [0.5, 0.6) is 5.88 Å². The summed E-state index contributed by atoms with van der Waals surface area (Å²) < 4.78 is 11.0. The molecule has 2 saturated heterocycles. The Kier molecular flexibility index (Phi) is 11.5. The van der Waals surface area contributed by atoms with E-state index in [9.17, 15) is 14.9 Å². The minimum absolute atomic E-state index is 0.0788. The molecule has 48 heavy (non-hydrogen) atoms. The first-order chi connectivity index (χ1) is 23.0. The molecular formula is C34H45N9O4S. The average Bonchev–Trinajstić information content (AvgIpc) is 3.46. The van der Waals surface area contributed by atoms with Gasteiger partial charge in [-0.05, 0) is 77.7 Å². The molecule has 2 amide bonds. The predicted molar refractivity (Wildman–Crippen MR) is 183 cm³/mol. The molecule has 13 nitrogen and oxygen atoms in total. The molecule has 5 rings (SSSR count). The fraction of sp³-hybridized carbons (Fsp3) is 0.529. The summed E-state index contributed by atoms with van der Waals surface area (Å²) >= 11 is 1.70. The normalized spacial score (nSPS) is 16.4. The highest BCUT2D eigenvalue weighted by Gasteiger charge is 2.28. The van der Waals surface area contributed by atoms with Crippen LogP contribution < -0.4 is 15.8 Å². The van der Waals surface area contributed by atoms with Crippen LogP contribution in [0.4, 0.5) is 10.5 Å². The zero-order valence-corrected chi connectivity index (χ0v) is 29.0. The third-order valence-corrected chi connectivity index (χ3v) is 9.43. The molecule has 5 heterocycles. The lowest BCUT2D eigenvalue weighted by Gasteiger charge is -2.35. The Bertz CT molecular complexity index is 1600. The van der Waals surface area contributed by atoms with Crippen molar-refractivity contribution in [1.82, 2.24) is 35.0 Å². The van der Waals surface area contributed by atoms with Crippen LogP contribution in [0.3, 0.4) is 0 Å². The van der Waals surface area contributed by atoms with E-state index in [4.69, 9.17) is 20.2 Å². The summed E-state index contributed by atoms with van der Waals surface area (Å²) in [6.07, 6.45) is 3.42. The summed E-state index contributed by atoms with van der Waals surface area (Å²) in [5.74, 6) is 0.0755. The summed E-state index contributed by atoms with van der Waals surface area (Å²) in [5.41, 5.74) is 7.85. The van der Waals surface area contributed by atoms with Gasteiger partial charge >= 0.3 is 6.09 Å². The van der Waals surface area contributed by atoms with Crippen LogP contribution in [0.2, 0.25) is 0 Å². The average molecular weight is 676 g/mol. The van der Waals surface area contributed by atoms with Gasteiger partial charge in [-0.3, -0.25) is 19.6 Å². The number of nitrogens with zero attached hydrogens (tertiary/aromatic N) is 7. The molecule has 0 atom stereocenters. The molecular weight excluding hydrogens is 630 g/mol. The second-order valence-electron chi connectivity index (χ2n) is 13.1. The number of hydrogen-bond acceptors (Lipinski definition) is 12. The van der Waals surface area contributed by atoms with E-state index >= 15 is 0 Å². The molecule has 0 spiro atoms. The molecule has 0 aromatic carbocycles. The SMILES string of the molecule is CCOc1nc(C(=O)NCC2CCN(Cc3sc(-c4ccccn4)nc3CN3CCN(C(=O)OC(C)(C)C)CC3)CC2)cc(N)c1C#N. The van der Waals surface area contributed by atoms with Crippen LogP contribution in [0.15, 0.2) is 30.5 Å². The summed E-state index contributed by atoms with van der Waals surface area (Å²) in [6.45, 7) is 14.3. The molecule has 3 aromatic rings. The fourth-order valence-corrected chi connectivity index (χ4v) is 6.84. The zero-order chi connectivity index (χ0) is 34.3. The van der Waals surface area contributed by atoms with E-state index in [-0.39, 0.29) is 34.8 Å². The number of likely N-dealkylation sites (tertiary alicyclic amines) is 1.